The summed E-state index contributed by atoms with van der Waals surface area (Å²) in [7, 11) is -2.90. The largest absolute Gasteiger partial charge is 0.361 e. The second-order valence-corrected chi connectivity index (χ2v) is 8.14. The molecule has 1 aliphatic rings. The average molecular weight is 292 g/mol. The highest BCUT2D eigenvalue weighted by molar-refractivity contribution is 7.92. The Hall–Kier alpha value is -1.33. The van der Waals surface area contributed by atoms with Gasteiger partial charge in [-0.3, -0.25) is 4.90 Å². The van der Waals surface area contributed by atoms with Crippen LogP contribution >= 0.6 is 0 Å². The van der Waals surface area contributed by atoms with Crippen LogP contribution in [0.25, 0.3) is 10.9 Å². The lowest BCUT2D eigenvalue weighted by Gasteiger charge is -2.19. The van der Waals surface area contributed by atoms with E-state index in [4.69, 9.17) is 0 Å². The molecule has 1 aromatic carbocycles. The van der Waals surface area contributed by atoms with Crippen molar-refractivity contribution in [1.82, 2.24) is 9.88 Å². The van der Waals surface area contributed by atoms with Crippen LogP contribution in [0, 0.1) is 0 Å². The van der Waals surface area contributed by atoms with Crippen molar-refractivity contribution in [1.29, 1.82) is 0 Å². The fraction of sp³-hybridized carbons (Fsp3) is 0.467. The van der Waals surface area contributed by atoms with Gasteiger partial charge < -0.3 is 4.98 Å². The van der Waals surface area contributed by atoms with Gasteiger partial charge in [0.1, 0.15) is 0 Å². The minimum Gasteiger partial charge on any atom is -0.361 e. The lowest BCUT2D eigenvalue weighted by atomic mass is 10.1. The molecule has 20 heavy (non-hydrogen) atoms. The summed E-state index contributed by atoms with van der Waals surface area (Å²) in [4.78, 5) is 5.47. The van der Waals surface area contributed by atoms with Crippen molar-refractivity contribution in [2.75, 3.05) is 18.8 Å². The number of aromatic amines is 1. The number of sulfone groups is 1. The molecule has 1 N–H and O–H groups in total. The molecule has 2 aromatic rings. The number of hydrogen-bond donors (Lipinski definition) is 1. The highest BCUT2D eigenvalue weighted by Crippen LogP contribution is 2.21. The van der Waals surface area contributed by atoms with Crippen molar-refractivity contribution in [2.45, 2.75) is 25.1 Å². The molecular formula is C15H20N2O2S. The van der Waals surface area contributed by atoms with Crippen molar-refractivity contribution in [3.05, 3.63) is 36.0 Å². The maximum Gasteiger partial charge on any atom is 0.154 e. The van der Waals surface area contributed by atoms with Crippen LogP contribution in [-0.2, 0) is 16.4 Å². The molecule has 0 radical (unpaired) electrons. The van der Waals surface area contributed by atoms with E-state index in [0.717, 1.165) is 25.0 Å². The Bertz CT molecular complexity index is 705. The van der Waals surface area contributed by atoms with Gasteiger partial charge in [0.05, 0.1) is 11.0 Å². The van der Waals surface area contributed by atoms with Gasteiger partial charge in [-0.25, -0.2) is 8.42 Å². The van der Waals surface area contributed by atoms with E-state index in [1.54, 1.807) is 0 Å². The smallest absolute Gasteiger partial charge is 0.154 e. The van der Waals surface area contributed by atoms with Gasteiger partial charge >= 0.3 is 0 Å². The van der Waals surface area contributed by atoms with E-state index >= 15 is 0 Å². The molecule has 0 bridgehead atoms. The number of H-pyrrole nitrogens is 1. The number of aromatic nitrogens is 1. The second-order valence-electron chi connectivity index (χ2n) is 5.60. The Labute approximate surface area is 119 Å². The van der Waals surface area contributed by atoms with E-state index < -0.39 is 9.84 Å². The molecule has 1 saturated heterocycles. The number of nitrogens with zero attached hydrogens (tertiary/aromatic N) is 1. The highest BCUT2D eigenvalue weighted by Gasteiger charge is 2.26. The maximum absolute atomic E-state index is 11.9. The molecule has 1 atom stereocenters. The van der Waals surface area contributed by atoms with Crippen LogP contribution < -0.4 is 0 Å². The van der Waals surface area contributed by atoms with E-state index in [-0.39, 0.29) is 11.0 Å². The zero-order chi connectivity index (χ0) is 14.2. The van der Waals surface area contributed by atoms with Gasteiger partial charge in [-0.2, -0.15) is 0 Å². The Morgan fingerprint density at radius 1 is 1.30 bits per heavy atom. The third-order valence-corrected chi connectivity index (χ3v) is 6.45. The van der Waals surface area contributed by atoms with Crippen molar-refractivity contribution < 1.29 is 8.42 Å². The van der Waals surface area contributed by atoms with Crippen LogP contribution in [0.3, 0.4) is 0 Å². The van der Waals surface area contributed by atoms with Crippen LogP contribution in [0.2, 0.25) is 0 Å². The van der Waals surface area contributed by atoms with Gasteiger partial charge in [-0.1, -0.05) is 12.1 Å². The molecule has 2 heterocycles. The van der Waals surface area contributed by atoms with Crippen LogP contribution in [0.4, 0.5) is 0 Å². The van der Waals surface area contributed by atoms with E-state index in [2.05, 4.69) is 28.1 Å². The fourth-order valence-corrected chi connectivity index (χ4v) is 4.18. The summed E-state index contributed by atoms with van der Waals surface area (Å²) in [5, 5.41) is 1.02. The number of nitrogens with one attached hydrogen (secondary N) is 1. The van der Waals surface area contributed by atoms with Gasteiger partial charge in [0, 0.05) is 30.2 Å². The van der Waals surface area contributed by atoms with Gasteiger partial charge in [0.2, 0.25) is 0 Å². The molecule has 1 fully saturated rings. The van der Waals surface area contributed by atoms with Crippen LogP contribution in [0.15, 0.2) is 30.5 Å². The Morgan fingerprint density at radius 2 is 2.15 bits per heavy atom. The van der Waals surface area contributed by atoms with Gasteiger partial charge in [0.15, 0.2) is 9.84 Å². The Balaban J connectivity index is 1.80. The van der Waals surface area contributed by atoms with E-state index in [0.29, 0.717) is 6.54 Å². The number of rotatable bonds is 2. The summed E-state index contributed by atoms with van der Waals surface area (Å²) < 4.78 is 23.9. The molecule has 1 aliphatic heterocycles. The van der Waals surface area contributed by atoms with Gasteiger partial charge in [0.25, 0.3) is 0 Å². The van der Waals surface area contributed by atoms with Crippen LogP contribution in [0.5, 0.6) is 0 Å². The molecule has 108 valence electrons. The monoisotopic (exact) mass is 292 g/mol. The predicted octanol–water partition coefficient (Wildman–Crippen LogP) is 2.18. The lowest BCUT2D eigenvalue weighted by Crippen LogP contribution is -2.26. The first-order valence-corrected chi connectivity index (χ1v) is 8.77. The third kappa shape index (κ3) is 2.60. The summed E-state index contributed by atoms with van der Waals surface area (Å²) >= 11 is 0. The number of benzene rings is 1. The minimum atomic E-state index is -2.90. The molecule has 5 heteroatoms. The average Bonchev–Trinajstić information content (AvgIpc) is 2.86. The second kappa shape index (κ2) is 5.22. The van der Waals surface area contributed by atoms with Crippen molar-refractivity contribution in [3.8, 4) is 0 Å². The SMILES string of the molecule is C[C@H]1CCN(Cc2cccc3[nH]ccc23)CCS1(=O)=O. The standard InChI is InChI=1S/C15H20N2O2S/c1-12-6-8-17(9-10-20(12,18)19)11-13-3-2-4-15-14(13)5-7-16-15/h2-5,7,12,16H,6,8-11H2,1H3/t12-/m0/s1. The summed E-state index contributed by atoms with van der Waals surface area (Å²) in [5.41, 5.74) is 2.40. The zero-order valence-corrected chi connectivity index (χ0v) is 12.5. The zero-order valence-electron chi connectivity index (χ0n) is 11.7. The van der Waals surface area contributed by atoms with E-state index in [1.165, 1.54) is 10.9 Å². The highest BCUT2D eigenvalue weighted by atomic mass is 32.2. The third-order valence-electron chi connectivity index (χ3n) is 4.24. The number of fused-ring (bicyclic) bond motifs is 1. The Kier molecular flexibility index (Phi) is 3.56. The fourth-order valence-electron chi connectivity index (χ4n) is 2.80. The van der Waals surface area contributed by atoms with Crippen LogP contribution in [0.1, 0.15) is 18.9 Å². The summed E-state index contributed by atoms with van der Waals surface area (Å²) in [6, 6.07) is 8.32. The first-order valence-electron chi connectivity index (χ1n) is 7.05. The summed E-state index contributed by atoms with van der Waals surface area (Å²) in [6.07, 6.45) is 2.68. The van der Waals surface area contributed by atoms with Gasteiger partial charge in [-0.15, -0.1) is 0 Å². The van der Waals surface area contributed by atoms with Gasteiger partial charge in [-0.05, 0) is 37.6 Å². The molecule has 3 rings (SSSR count). The first kappa shape index (κ1) is 13.6. The Morgan fingerprint density at radius 3 is 3.00 bits per heavy atom. The van der Waals surface area contributed by atoms with E-state index in [9.17, 15) is 8.42 Å². The maximum atomic E-state index is 11.9. The summed E-state index contributed by atoms with van der Waals surface area (Å²) in [6.45, 7) is 4.12. The topological polar surface area (TPSA) is 53.2 Å². The molecular weight excluding hydrogens is 272 g/mol. The molecule has 0 spiro atoms. The van der Waals surface area contributed by atoms with Crippen molar-refractivity contribution >= 4 is 20.7 Å². The number of hydrogen-bond acceptors (Lipinski definition) is 3. The molecule has 0 saturated carbocycles. The van der Waals surface area contributed by atoms with E-state index in [1.807, 2.05) is 19.2 Å². The minimum absolute atomic E-state index is 0.212. The van der Waals surface area contributed by atoms with Crippen molar-refractivity contribution in [2.24, 2.45) is 0 Å². The molecule has 4 nitrogen and oxygen atoms in total. The molecule has 1 aromatic heterocycles. The normalized spacial score (nSPS) is 23.8. The van der Waals surface area contributed by atoms with Crippen LogP contribution in [-0.4, -0.2) is 42.4 Å². The quantitative estimate of drug-likeness (QED) is 0.923. The summed E-state index contributed by atoms with van der Waals surface area (Å²) in [5.74, 6) is 0.275. The molecule has 0 amide bonds. The molecule has 0 aliphatic carbocycles. The van der Waals surface area contributed by atoms with Crippen molar-refractivity contribution in [3.63, 3.8) is 0 Å². The first-order chi connectivity index (χ1) is 9.56. The predicted molar refractivity (Wildman–Crippen MR) is 81.4 cm³/mol. The lowest BCUT2D eigenvalue weighted by molar-refractivity contribution is 0.284. The molecule has 0 unspecified atom stereocenters.